The Morgan fingerprint density at radius 1 is 1.33 bits per heavy atom. The van der Waals surface area contributed by atoms with Crippen molar-refractivity contribution < 1.29 is 13.2 Å². The number of hydrogen-bond donors (Lipinski definition) is 1. The third-order valence-corrected chi connectivity index (χ3v) is 2.42. The fourth-order valence-corrected chi connectivity index (χ4v) is 1.70. The molecule has 0 aromatic heterocycles. The number of hydrogen-bond acceptors (Lipinski definition) is 2. The quantitative estimate of drug-likeness (QED) is 0.686. The predicted octanol–water partition coefficient (Wildman–Crippen LogP) is 1.97. The number of rotatable bonds is 1. The van der Waals surface area contributed by atoms with Crippen molar-refractivity contribution in [2.45, 2.75) is 4.90 Å². The molecule has 0 saturated heterocycles. The van der Waals surface area contributed by atoms with Gasteiger partial charge in [0.2, 0.25) is 0 Å². The van der Waals surface area contributed by atoms with Crippen LogP contribution in [0.2, 0.25) is 0 Å². The Labute approximate surface area is 71.6 Å². The molecule has 1 unspecified atom stereocenters. The van der Waals surface area contributed by atoms with Gasteiger partial charge >= 0.3 is 0 Å². The Hall–Kier alpha value is -1.13. The maximum Gasteiger partial charge on any atom is 0.187 e. The minimum absolute atomic E-state index is 0.431. The van der Waals surface area contributed by atoms with Gasteiger partial charge < -0.3 is 8.97 Å². The van der Waals surface area contributed by atoms with Gasteiger partial charge in [0.05, 0.1) is 17.4 Å². The van der Waals surface area contributed by atoms with E-state index in [0.717, 1.165) is 11.1 Å². The number of fused-ring (bicyclic) bond motifs is 1. The summed E-state index contributed by atoms with van der Waals surface area (Å²) >= 11 is -1.91. The van der Waals surface area contributed by atoms with E-state index < -0.39 is 11.1 Å². The van der Waals surface area contributed by atoms with Crippen molar-refractivity contribution in [1.29, 1.82) is 0 Å². The molecule has 1 aliphatic heterocycles. The van der Waals surface area contributed by atoms with Crippen LogP contribution < -0.4 is 0 Å². The van der Waals surface area contributed by atoms with E-state index in [2.05, 4.69) is 0 Å². The summed E-state index contributed by atoms with van der Waals surface area (Å²) in [4.78, 5) is 0.431. The molecule has 1 heterocycles. The monoisotopic (exact) mass is 182 g/mol. The van der Waals surface area contributed by atoms with Gasteiger partial charge in [-0.2, -0.15) is 0 Å². The van der Waals surface area contributed by atoms with Crippen LogP contribution in [0.5, 0.6) is 0 Å². The molecule has 12 heavy (non-hydrogen) atoms. The highest BCUT2D eigenvalue weighted by atomic mass is 32.2. The van der Waals surface area contributed by atoms with E-state index >= 15 is 0 Å². The van der Waals surface area contributed by atoms with Crippen molar-refractivity contribution in [2.75, 3.05) is 0 Å². The SMILES string of the molecule is O=S(O)c1ccc2coccc1-2. The second kappa shape index (κ2) is 2.73. The molecule has 0 bridgehead atoms. The minimum atomic E-state index is -1.91. The summed E-state index contributed by atoms with van der Waals surface area (Å²) in [5.41, 5.74) is 1.61. The van der Waals surface area contributed by atoms with Crippen LogP contribution in [0.1, 0.15) is 0 Å². The highest BCUT2D eigenvalue weighted by Crippen LogP contribution is 2.29. The zero-order valence-electron chi connectivity index (χ0n) is 6.06. The summed E-state index contributed by atoms with van der Waals surface area (Å²) in [7, 11) is 0. The molecule has 2 rings (SSSR count). The average Bonchev–Trinajstić information content (AvgIpc) is 2.47. The fourth-order valence-electron chi connectivity index (χ4n) is 1.14. The Bertz CT molecular complexity index is 393. The van der Waals surface area contributed by atoms with Crippen LogP contribution in [-0.4, -0.2) is 8.76 Å². The Morgan fingerprint density at radius 2 is 2.17 bits per heavy atom. The molecule has 0 saturated carbocycles. The highest BCUT2D eigenvalue weighted by Gasteiger charge is 2.12. The van der Waals surface area contributed by atoms with Gasteiger partial charge in [-0.05, 0) is 18.2 Å². The Balaban J connectivity index is 2.67. The minimum Gasteiger partial charge on any atom is -0.472 e. The van der Waals surface area contributed by atoms with Crippen LogP contribution in [0.4, 0.5) is 0 Å². The van der Waals surface area contributed by atoms with Crippen molar-refractivity contribution in [1.82, 2.24) is 0 Å². The fraction of sp³-hybridized carbons (Fsp3) is 0. The summed E-state index contributed by atoms with van der Waals surface area (Å²) in [5.74, 6) is 0. The van der Waals surface area contributed by atoms with Crippen LogP contribution in [0.3, 0.4) is 0 Å². The van der Waals surface area contributed by atoms with E-state index in [1.807, 2.05) is 0 Å². The molecule has 4 heteroatoms. The molecule has 1 N–H and O–H groups in total. The molecule has 2 aliphatic rings. The van der Waals surface area contributed by atoms with Crippen molar-refractivity contribution in [2.24, 2.45) is 0 Å². The molecular formula is C8H6O3S. The summed E-state index contributed by atoms with van der Waals surface area (Å²) in [6, 6.07) is 5.05. The Kier molecular flexibility index (Phi) is 1.71. The molecule has 0 radical (unpaired) electrons. The maximum absolute atomic E-state index is 10.8. The summed E-state index contributed by atoms with van der Waals surface area (Å²) in [6.07, 6.45) is 3.03. The second-order valence-electron chi connectivity index (χ2n) is 2.37. The molecule has 3 nitrogen and oxygen atoms in total. The molecular weight excluding hydrogens is 176 g/mol. The lowest BCUT2D eigenvalue weighted by Gasteiger charge is -1.97. The topological polar surface area (TPSA) is 50.4 Å². The lowest BCUT2D eigenvalue weighted by atomic mass is 10.2. The molecule has 0 spiro atoms. The lowest BCUT2D eigenvalue weighted by Crippen LogP contribution is -1.86. The van der Waals surface area contributed by atoms with Crippen molar-refractivity contribution in [3.8, 4) is 11.1 Å². The van der Waals surface area contributed by atoms with Crippen LogP contribution in [0.25, 0.3) is 11.1 Å². The first kappa shape index (κ1) is 7.52. The molecule has 0 aromatic rings. The van der Waals surface area contributed by atoms with E-state index in [4.69, 9.17) is 8.97 Å². The zero-order valence-corrected chi connectivity index (χ0v) is 6.88. The maximum atomic E-state index is 10.8. The second-order valence-corrected chi connectivity index (χ2v) is 3.31. The molecule has 62 valence electrons. The first-order valence-corrected chi connectivity index (χ1v) is 4.45. The van der Waals surface area contributed by atoms with Gasteiger partial charge in [-0.3, -0.25) is 0 Å². The first-order chi connectivity index (χ1) is 5.79. The third-order valence-electron chi connectivity index (χ3n) is 1.69. The van der Waals surface area contributed by atoms with Gasteiger partial charge in [-0.25, -0.2) is 4.21 Å². The molecule has 1 aliphatic carbocycles. The summed E-state index contributed by atoms with van der Waals surface area (Å²) in [5, 5.41) is 0. The van der Waals surface area contributed by atoms with E-state index in [-0.39, 0.29) is 0 Å². The van der Waals surface area contributed by atoms with Gasteiger partial charge in [0.1, 0.15) is 0 Å². The van der Waals surface area contributed by atoms with E-state index in [1.165, 1.54) is 6.26 Å². The van der Waals surface area contributed by atoms with E-state index in [9.17, 15) is 4.21 Å². The summed E-state index contributed by atoms with van der Waals surface area (Å²) < 4.78 is 24.5. The average molecular weight is 182 g/mol. The predicted molar refractivity (Wildman–Crippen MR) is 44.4 cm³/mol. The van der Waals surface area contributed by atoms with Crippen molar-refractivity contribution in [3.63, 3.8) is 0 Å². The van der Waals surface area contributed by atoms with Gasteiger partial charge in [-0.1, -0.05) is 0 Å². The van der Waals surface area contributed by atoms with Crippen molar-refractivity contribution in [3.05, 3.63) is 30.7 Å². The third kappa shape index (κ3) is 1.05. The first-order valence-electron chi connectivity index (χ1n) is 3.35. The van der Waals surface area contributed by atoms with E-state index in [1.54, 1.807) is 24.5 Å². The van der Waals surface area contributed by atoms with Gasteiger partial charge in [-0.15, -0.1) is 0 Å². The Morgan fingerprint density at radius 3 is 2.92 bits per heavy atom. The molecule has 0 amide bonds. The van der Waals surface area contributed by atoms with Gasteiger partial charge in [0, 0.05) is 11.1 Å². The van der Waals surface area contributed by atoms with Crippen LogP contribution in [0, 0.1) is 0 Å². The molecule has 1 atom stereocenters. The molecule has 0 aromatic carbocycles. The molecule has 0 fully saturated rings. The largest absolute Gasteiger partial charge is 0.472 e. The van der Waals surface area contributed by atoms with Crippen LogP contribution in [0.15, 0.2) is 40.0 Å². The highest BCUT2D eigenvalue weighted by molar-refractivity contribution is 7.79. The van der Waals surface area contributed by atoms with Gasteiger partial charge in [0.25, 0.3) is 0 Å². The summed E-state index contributed by atoms with van der Waals surface area (Å²) in [6.45, 7) is 0. The zero-order chi connectivity index (χ0) is 8.55. The van der Waals surface area contributed by atoms with Crippen LogP contribution in [-0.2, 0) is 11.1 Å². The standard InChI is InChI=1S/C8H6O3S/c9-12(10)8-2-1-6-5-11-4-3-7(6)8/h1-5H,(H,9,10). The lowest BCUT2D eigenvalue weighted by molar-refractivity contribution is 0.551. The van der Waals surface area contributed by atoms with Crippen LogP contribution >= 0.6 is 0 Å². The van der Waals surface area contributed by atoms with Gasteiger partial charge in [0.15, 0.2) is 11.1 Å². The van der Waals surface area contributed by atoms with E-state index in [0.29, 0.717) is 4.90 Å². The smallest absolute Gasteiger partial charge is 0.187 e. The normalized spacial score (nSPS) is 13.4. The van der Waals surface area contributed by atoms with Crippen molar-refractivity contribution >= 4 is 11.1 Å².